The Labute approximate surface area is 151 Å². The van der Waals surface area contributed by atoms with E-state index in [0.717, 1.165) is 22.5 Å². The van der Waals surface area contributed by atoms with E-state index < -0.39 is 5.97 Å². The second kappa shape index (κ2) is 7.65. The zero-order valence-corrected chi connectivity index (χ0v) is 14.3. The summed E-state index contributed by atoms with van der Waals surface area (Å²) < 4.78 is 1.68. The first-order valence-corrected chi connectivity index (χ1v) is 8.28. The number of benzene rings is 2. The van der Waals surface area contributed by atoms with Gasteiger partial charge in [0.05, 0.1) is 17.8 Å². The molecule has 0 radical (unpaired) electrons. The Morgan fingerprint density at radius 2 is 1.62 bits per heavy atom. The van der Waals surface area contributed by atoms with Crippen LogP contribution in [0, 0.1) is 6.92 Å². The summed E-state index contributed by atoms with van der Waals surface area (Å²) in [5, 5.41) is 16.2. The van der Waals surface area contributed by atoms with E-state index in [4.69, 9.17) is 5.11 Å². The van der Waals surface area contributed by atoms with Crippen LogP contribution in [0.2, 0.25) is 0 Å². The van der Waals surface area contributed by atoms with Crippen LogP contribution in [-0.4, -0.2) is 26.8 Å². The highest BCUT2D eigenvalue weighted by Crippen LogP contribution is 2.33. The van der Waals surface area contributed by atoms with E-state index in [1.54, 1.807) is 4.68 Å². The molecule has 0 fully saturated rings. The molecule has 0 saturated heterocycles. The summed E-state index contributed by atoms with van der Waals surface area (Å²) in [4.78, 5) is 23.0. The highest BCUT2D eigenvalue weighted by molar-refractivity contribution is 5.96. The Bertz CT molecular complexity index is 918. The molecule has 1 heterocycles. The molecule has 0 aliphatic heterocycles. The van der Waals surface area contributed by atoms with Crippen molar-refractivity contribution in [3.63, 3.8) is 0 Å². The zero-order chi connectivity index (χ0) is 18.5. The third-order valence-corrected chi connectivity index (χ3v) is 3.95. The number of para-hydroxylation sites is 1. The summed E-state index contributed by atoms with van der Waals surface area (Å²) in [6.45, 7) is 1.88. The minimum Gasteiger partial charge on any atom is -0.481 e. The summed E-state index contributed by atoms with van der Waals surface area (Å²) in [7, 11) is 0. The minimum absolute atomic E-state index is 0.0947. The van der Waals surface area contributed by atoms with Gasteiger partial charge in [-0.05, 0) is 24.6 Å². The van der Waals surface area contributed by atoms with Gasteiger partial charge in [0.25, 0.3) is 0 Å². The summed E-state index contributed by atoms with van der Waals surface area (Å²) in [6, 6.07) is 19.2. The number of hydrogen-bond donors (Lipinski definition) is 2. The fourth-order valence-corrected chi connectivity index (χ4v) is 2.76. The van der Waals surface area contributed by atoms with Gasteiger partial charge in [0, 0.05) is 12.0 Å². The summed E-state index contributed by atoms with van der Waals surface area (Å²) in [5.41, 5.74) is 3.33. The molecule has 0 spiro atoms. The Kier molecular flexibility index (Phi) is 5.12. The van der Waals surface area contributed by atoms with Gasteiger partial charge in [0.15, 0.2) is 0 Å². The monoisotopic (exact) mass is 349 g/mol. The molecule has 3 aromatic rings. The van der Waals surface area contributed by atoms with Crippen molar-refractivity contribution >= 4 is 17.7 Å². The SMILES string of the molecule is Cc1nn(-c2ccccc2)c(NC(=O)CCC(=O)O)c1-c1ccccc1. The van der Waals surface area contributed by atoms with Crippen LogP contribution in [0.4, 0.5) is 5.82 Å². The quantitative estimate of drug-likeness (QED) is 0.711. The average molecular weight is 349 g/mol. The molecule has 2 N–H and O–H groups in total. The number of nitrogens with zero attached hydrogens (tertiary/aromatic N) is 2. The predicted octanol–water partition coefficient (Wildman–Crippen LogP) is 3.65. The van der Waals surface area contributed by atoms with E-state index in [9.17, 15) is 9.59 Å². The van der Waals surface area contributed by atoms with E-state index in [1.807, 2.05) is 67.6 Å². The molecule has 1 aromatic heterocycles. The zero-order valence-electron chi connectivity index (χ0n) is 14.3. The number of aromatic nitrogens is 2. The lowest BCUT2D eigenvalue weighted by molar-refractivity contribution is -0.138. The van der Waals surface area contributed by atoms with Gasteiger partial charge in [-0.2, -0.15) is 5.10 Å². The lowest BCUT2D eigenvalue weighted by atomic mass is 10.1. The number of rotatable bonds is 6. The van der Waals surface area contributed by atoms with Crippen LogP contribution in [0.3, 0.4) is 0 Å². The highest BCUT2D eigenvalue weighted by Gasteiger charge is 2.20. The van der Waals surface area contributed by atoms with Crippen LogP contribution in [0.1, 0.15) is 18.5 Å². The molecule has 6 heteroatoms. The summed E-state index contributed by atoms with van der Waals surface area (Å²) >= 11 is 0. The molecule has 0 unspecified atom stereocenters. The van der Waals surface area contributed by atoms with Gasteiger partial charge in [0.2, 0.25) is 5.91 Å². The first-order valence-electron chi connectivity index (χ1n) is 8.28. The van der Waals surface area contributed by atoms with E-state index in [-0.39, 0.29) is 18.7 Å². The highest BCUT2D eigenvalue weighted by atomic mass is 16.4. The van der Waals surface area contributed by atoms with Gasteiger partial charge < -0.3 is 10.4 Å². The van der Waals surface area contributed by atoms with Crippen LogP contribution in [-0.2, 0) is 9.59 Å². The van der Waals surface area contributed by atoms with Crippen molar-refractivity contribution in [1.82, 2.24) is 9.78 Å². The molecule has 26 heavy (non-hydrogen) atoms. The number of anilines is 1. The molecule has 6 nitrogen and oxygen atoms in total. The third-order valence-electron chi connectivity index (χ3n) is 3.95. The van der Waals surface area contributed by atoms with Crippen molar-refractivity contribution in [2.24, 2.45) is 0 Å². The van der Waals surface area contributed by atoms with Crippen molar-refractivity contribution in [2.45, 2.75) is 19.8 Å². The second-order valence-corrected chi connectivity index (χ2v) is 5.86. The van der Waals surface area contributed by atoms with Crippen LogP contribution in [0.15, 0.2) is 60.7 Å². The molecule has 0 aliphatic carbocycles. The smallest absolute Gasteiger partial charge is 0.303 e. The average Bonchev–Trinajstić information content (AvgIpc) is 2.97. The Morgan fingerprint density at radius 3 is 2.23 bits per heavy atom. The molecular formula is C20H19N3O3. The fraction of sp³-hybridized carbons (Fsp3) is 0.150. The Morgan fingerprint density at radius 1 is 1.00 bits per heavy atom. The molecule has 1 amide bonds. The predicted molar refractivity (Wildman–Crippen MR) is 99.2 cm³/mol. The molecule has 0 bridgehead atoms. The lowest BCUT2D eigenvalue weighted by Crippen LogP contribution is -2.16. The maximum atomic E-state index is 12.3. The number of amides is 1. The Balaban J connectivity index is 2.06. The molecule has 2 aromatic carbocycles. The van der Waals surface area contributed by atoms with Crippen molar-refractivity contribution in [2.75, 3.05) is 5.32 Å². The number of carbonyl (C=O) groups excluding carboxylic acids is 1. The van der Waals surface area contributed by atoms with E-state index in [2.05, 4.69) is 10.4 Å². The standard InChI is InChI=1S/C20H19N3O3/c1-14-19(15-8-4-2-5-9-15)20(21-17(24)12-13-18(25)26)23(22-14)16-10-6-3-7-11-16/h2-11H,12-13H2,1H3,(H,21,24)(H,25,26). The Hall–Kier alpha value is -3.41. The van der Waals surface area contributed by atoms with Crippen LogP contribution in [0.25, 0.3) is 16.8 Å². The number of aryl methyl sites for hydroxylation is 1. The van der Waals surface area contributed by atoms with Gasteiger partial charge >= 0.3 is 5.97 Å². The number of carboxylic acid groups (broad SMARTS) is 1. The molecule has 3 rings (SSSR count). The van der Waals surface area contributed by atoms with E-state index >= 15 is 0 Å². The van der Waals surface area contributed by atoms with E-state index in [0.29, 0.717) is 5.82 Å². The van der Waals surface area contributed by atoms with Gasteiger partial charge in [-0.15, -0.1) is 0 Å². The van der Waals surface area contributed by atoms with Gasteiger partial charge in [-0.25, -0.2) is 4.68 Å². The van der Waals surface area contributed by atoms with E-state index in [1.165, 1.54) is 0 Å². The van der Waals surface area contributed by atoms with Crippen molar-refractivity contribution in [3.05, 3.63) is 66.4 Å². The number of carboxylic acids is 1. The van der Waals surface area contributed by atoms with Crippen molar-refractivity contribution in [1.29, 1.82) is 0 Å². The van der Waals surface area contributed by atoms with Gasteiger partial charge in [0.1, 0.15) is 5.82 Å². The van der Waals surface area contributed by atoms with Gasteiger partial charge in [-0.1, -0.05) is 48.5 Å². The summed E-state index contributed by atoms with van der Waals surface area (Å²) in [5.74, 6) is -0.826. The second-order valence-electron chi connectivity index (χ2n) is 5.86. The van der Waals surface area contributed by atoms with Crippen molar-refractivity contribution < 1.29 is 14.7 Å². The topological polar surface area (TPSA) is 84.2 Å². The third kappa shape index (κ3) is 3.80. The number of hydrogen-bond acceptors (Lipinski definition) is 3. The molecule has 0 atom stereocenters. The van der Waals surface area contributed by atoms with Crippen LogP contribution < -0.4 is 5.32 Å². The molecule has 132 valence electrons. The van der Waals surface area contributed by atoms with Crippen LogP contribution in [0.5, 0.6) is 0 Å². The summed E-state index contributed by atoms with van der Waals surface area (Å²) in [6.07, 6.45) is -0.312. The van der Waals surface area contributed by atoms with Crippen molar-refractivity contribution in [3.8, 4) is 16.8 Å². The number of nitrogens with one attached hydrogen (secondary N) is 1. The van der Waals surface area contributed by atoms with Crippen LogP contribution >= 0.6 is 0 Å². The first-order chi connectivity index (χ1) is 12.6. The normalized spacial score (nSPS) is 10.5. The largest absolute Gasteiger partial charge is 0.481 e. The lowest BCUT2D eigenvalue weighted by Gasteiger charge is -2.11. The van der Waals surface area contributed by atoms with Gasteiger partial charge in [-0.3, -0.25) is 9.59 Å². The maximum absolute atomic E-state index is 12.3. The molecular weight excluding hydrogens is 330 g/mol. The first kappa shape index (κ1) is 17.4. The minimum atomic E-state index is -1.00. The molecule has 0 aliphatic rings. The molecule has 0 saturated carbocycles. The fourth-order valence-electron chi connectivity index (χ4n) is 2.76. The number of carbonyl (C=O) groups is 2. The maximum Gasteiger partial charge on any atom is 0.303 e. The number of aliphatic carboxylic acids is 1.